The average Bonchev–Trinajstić information content (AvgIpc) is 2.46. The fourth-order valence-electron chi connectivity index (χ4n) is 2.05. The van der Waals surface area contributed by atoms with E-state index in [0.717, 1.165) is 16.7 Å². The first-order valence-corrected chi connectivity index (χ1v) is 8.30. The van der Waals surface area contributed by atoms with Gasteiger partial charge in [-0.1, -0.05) is 55.8 Å². The molecule has 0 atom stereocenters. The Morgan fingerprint density at radius 3 is 2.24 bits per heavy atom. The summed E-state index contributed by atoms with van der Waals surface area (Å²) in [6, 6.07) is 14.4. The van der Waals surface area contributed by atoms with Crippen molar-refractivity contribution in [1.29, 1.82) is 0 Å². The Labute approximate surface area is 126 Å². The Morgan fingerprint density at radius 1 is 1.00 bits per heavy atom. The first-order valence-electron chi connectivity index (χ1n) is 6.86. The van der Waals surface area contributed by atoms with Crippen LogP contribution in [0.4, 0.5) is 0 Å². The number of rotatable bonds is 4. The Balaban J connectivity index is 2.35. The monoisotopic (exact) mass is 301 g/mol. The van der Waals surface area contributed by atoms with Gasteiger partial charge in [0.05, 0.1) is 4.90 Å². The van der Waals surface area contributed by atoms with Crippen LogP contribution in [0, 0.1) is 6.92 Å². The zero-order valence-electron chi connectivity index (χ0n) is 12.4. The van der Waals surface area contributed by atoms with Crippen molar-refractivity contribution in [2.24, 2.45) is 4.40 Å². The summed E-state index contributed by atoms with van der Waals surface area (Å²) in [5.41, 5.74) is 2.94. The van der Waals surface area contributed by atoms with Crippen LogP contribution in [0.15, 0.2) is 57.8 Å². The van der Waals surface area contributed by atoms with E-state index in [1.807, 2.05) is 31.2 Å². The molecule has 2 aromatic carbocycles. The molecule has 0 aromatic heterocycles. The van der Waals surface area contributed by atoms with Gasteiger partial charge in [0.15, 0.2) is 0 Å². The molecule has 0 bridgehead atoms. The third kappa shape index (κ3) is 3.79. The van der Waals surface area contributed by atoms with Gasteiger partial charge >= 0.3 is 0 Å². The molecule has 4 heteroatoms. The van der Waals surface area contributed by atoms with Crippen molar-refractivity contribution in [2.45, 2.75) is 31.6 Å². The van der Waals surface area contributed by atoms with Crippen LogP contribution >= 0.6 is 0 Å². The van der Waals surface area contributed by atoms with E-state index in [2.05, 4.69) is 18.2 Å². The number of aryl methyl sites for hydroxylation is 1. The third-order valence-electron chi connectivity index (χ3n) is 3.27. The molecule has 0 heterocycles. The first kappa shape index (κ1) is 15.4. The summed E-state index contributed by atoms with van der Waals surface area (Å²) in [4.78, 5) is 0.214. The summed E-state index contributed by atoms with van der Waals surface area (Å²) in [6.45, 7) is 6.06. The predicted octanol–water partition coefficient (Wildman–Crippen LogP) is 3.93. The van der Waals surface area contributed by atoms with Crippen molar-refractivity contribution in [3.05, 3.63) is 65.2 Å². The lowest BCUT2D eigenvalue weighted by molar-refractivity contribution is 0.598. The fraction of sp³-hybridized carbons (Fsp3) is 0.235. The molecule has 110 valence electrons. The van der Waals surface area contributed by atoms with Crippen LogP contribution in [-0.4, -0.2) is 14.6 Å². The molecule has 0 amide bonds. The minimum atomic E-state index is -3.65. The molecule has 0 N–H and O–H groups in total. The van der Waals surface area contributed by atoms with Crippen molar-refractivity contribution in [3.8, 4) is 0 Å². The fourth-order valence-corrected chi connectivity index (χ4v) is 2.91. The number of sulfonamides is 1. The molecule has 0 aliphatic carbocycles. The van der Waals surface area contributed by atoms with Gasteiger partial charge in [-0.3, -0.25) is 0 Å². The lowest BCUT2D eigenvalue weighted by atomic mass is 9.98. The standard InChI is InChI=1S/C17H19NO2S/c1-13(2)17-7-5-4-6-15(17)12-18-21(19,20)16-10-8-14(3)9-11-16/h4-13H,1-3H3/b18-12+. The second-order valence-electron chi connectivity index (χ2n) is 5.31. The summed E-state index contributed by atoms with van der Waals surface area (Å²) < 4.78 is 28.2. The van der Waals surface area contributed by atoms with Gasteiger partial charge < -0.3 is 0 Å². The van der Waals surface area contributed by atoms with Crippen molar-refractivity contribution in [3.63, 3.8) is 0 Å². The van der Waals surface area contributed by atoms with Crippen LogP contribution in [0.25, 0.3) is 0 Å². The van der Waals surface area contributed by atoms with E-state index >= 15 is 0 Å². The van der Waals surface area contributed by atoms with Gasteiger partial charge in [0.2, 0.25) is 0 Å². The second kappa shape index (κ2) is 6.22. The van der Waals surface area contributed by atoms with E-state index in [-0.39, 0.29) is 4.90 Å². The van der Waals surface area contributed by atoms with Gasteiger partial charge in [-0.15, -0.1) is 0 Å². The Bertz CT molecular complexity index is 745. The third-order valence-corrected chi connectivity index (χ3v) is 4.52. The van der Waals surface area contributed by atoms with Crippen molar-refractivity contribution < 1.29 is 8.42 Å². The molecule has 0 saturated carbocycles. The molecule has 0 radical (unpaired) electrons. The van der Waals surface area contributed by atoms with E-state index in [0.29, 0.717) is 5.92 Å². The van der Waals surface area contributed by atoms with Gasteiger partial charge in [-0.2, -0.15) is 12.8 Å². The van der Waals surface area contributed by atoms with Crippen molar-refractivity contribution in [2.75, 3.05) is 0 Å². The second-order valence-corrected chi connectivity index (χ2v) is 6.94. The highest BCUT2D eigenvalue weighted by atomic mass is 32.2. The first-order chi connectivity index (χ1) is 9.90. The van der Waals surface area contributed by atoms with E-state index in [9.17, 15) is 8.42 Å². The minimum Gasteiger partial charge on any atom is -0.199 e. The topological polar surface area (TPSA) is 46.5 Å². The van der Waals surface area contributed by atoms with Crippen LogP contribution in [-0.2, 0) is 10.0 Å². The lowest BCUT2D eigenvalue weighted by Crippen LogP contribution is -2.00. The van der Waals surface area contributed by atoms with E-state index < -0.39 is 10.0 Å². The highest BCUT2D eigenvalue weighted by Gasteiger charge is 2.11. The molecular formula is C17H19NO2S. The highest BCUT2D eigenvalue weighted by molar-refractivity contribution is 7.90. The molecule has 2 aromatic rings. The summed E-state index contributed by atoms with van der Waals surface area (Å²) in [5.74, 6) is 0.315. The van der Waals surface area contributed by atoms with Crippen LogP contribution in [0.3, 0.4) is 0 Å². The smallest absolute Gasteiger partial charge is 0.199 e. The van der Waals surface area contributed by atoms with Gasteiger partial charge in [0, 0.05) is 6.21 Å². The van der Waals surface area contributed by atoms with Crippen molar-refractivity contribution >= 4 is 16.2 Å². The zero-order chi connectivity index (χ0) is 15.5. The van der Waals surface area contributed by atoms with Crippen LogP contribution in [0.2, 0.25) is 0 Å². The van der Waals surface area contributed by atoms with E-state index in [1.54, 1.807) is 24.3 Å². The van der Waals surface area contributed by atoms with Crippen LogP contribution < -0.4 is 0 Å². The SMILES string of the molecule is Cc1ccc(S(=O)(=O)/N=C/c2ccccc2C(C)C)cc1. The molecular weight excluding hydrogens is 282 g/mol. The summed E-state index contributed by atoms with van der Waals surface area (Å²) in [7, 11) is -3.65. The maximum Gasteiger partial charge on any atom is 0.282 e. The molecule has 0 unspecified atom stereocenters. The Morgan fingerprint density at radius 2 is 1.62 bits per heavy atom. The maximum atomic E-state index is 12.2. The number of hydrogen-bond donors (Lipinski definition) is 0. The van der Waals surface area contributed by atoms with Gasteiger partial charge in [0.25, 0.3) is 10.0 Å². The molecule has 3 nitrogen and oxygen atoms in total. The lowest BCUT2D eigenvalue weighted by Gasteiger charge is -2.08. The van der Waals surface area contributed by atoms with Gasteiger partial charge in [-0.25, -0.2) is 0 Å². The molecule has 21 heavy (non-hydrogen) atoms. The number of benzene rings is 2. The summed E-state index contributed by atoms with van der Waals surface area (Å²) >= 11 is 0. The molecule has 2 rings (SSSR count). The molecule has 0 fully saturated rings. The maximum absolute atomic E-state index is 12.2. The highest BCUT2D eigenvalue weighted by Crippen LogP contribution is 2.19. The Hall–Kier alpha value is -1.94. The molecule has 0 saturated heterocycles. The average molecular weight is 301 g/mol. The zero-order valence-corrected chi connectivity index (χ0v) is 13.3. The van der Waals surface area contributed by atoms with Gasteiger partial charge in [0.1, 0.15) is 0 Å². The minimum absolute atomic E-state index is 0.214. The van der Waals surface area contributed by atoms with Crippen molar-refractivity contribution in [1.82, 2.24) is 0 Å². The normalized spacial score (nSPS) is 12.2. The largest absolute Gasteiger partial charge is 0.282 e. The Kier molecular flexibility index (Phi) is 4.58. The molecule has 0 aliphatic heterocycles. The number of nitrogens with zero attached hydrogens (tertiary/aromatic N) is 1. The van der Waals surface area contributed by atoms with Gasteiger partial charge in [-0.05, 0) is 36.1 Å². The molecule has 0 spiro atoms. The van der Waals surface area contributed by atoms with Crippen LogP contribution in [0.5, 0.6) is 0 Å². The summed E-state index contributed by atoms with van der Waals surface area (Å²) in [5, 5.41) is 0. The summed E-state index contributed by atoms with van der Waals surface area (Å²) in [6.07, 6.45) is 1.44. The van der Waals surface area contributed by atoms with E-state index in [4.69, 9.17) is 0 Å². The number of hydrogen-bond acceptors (Lipinski definition) is 2. The quantitative estimate of drug-likeness (QED) is 0.803. The molecule has 0 aliphatic rings. The van der Waals surface area contributed by atoms with Crippen LogP contribution in [0.1, 0.15) is 36.5 Å². The predicted molar refractivity (Wildman–Crippen MR) is 86.5 cm³/mol. The van der Waals surface area contributed by atoms with E-state index in [1.165, 1.54) is 6.21 Å².